The van der Waals surface area contributed by atoms with Gasteiger partial charge in [-0.2, -0.15) is 5.10 Å². The van der Waals surface area contributed by atoms with E-state index in [0.717, 1.165) is 44.2 Å². The molecule has 0 spiro atoms. The zero-order valence-electron chi connectivity index (χ0n) is 17.8. The lowest BCUT2D eigenvalue weighted by Crippen LogP contribution is -2.49. The molecule has 2 aromatic carbocycles. The van der Waals surface area contributed by atoms with Crippen molar-refractivity contribution in [2.75, 3.05) is 38.3 Å². The lowest BCUT2D eigenvalue weighted by atomic mass is 10.1. The van der Waals surface area contributed by atoms with Crippen LogP contribution in [0.1, 0.15) is 11.1 Å². The Morgan fingerprint density at radius 1 is 1.06 bits per heavy atom. The van der Waals surface area contributed by atoms with Gasteiger partial charge >= 0.3 is 0 Å². The standard InChI is InChI=1S/C23H23ClFN5O2S/c24-18-2-1-3-19(25)17(18)14-30-7-6-22(27-30)26-23(33)29-10-8-28(9-11-29)13-16-4-5-20-21(12-16)32-15-31-20/h1-7,12H,8-11,13-15H2,(H,26,27,33). The Hall–Kier alpha value is -2.88. The van der Waals surface area contributed by atoms with E-state index in [4.69, 9.17) is 33.3 Å². The molecule has 33 heavy (non-hydrogen) atoms. The molecule has 10 heteroatoms. The highest BCUT2D eigenvalue weighted by Crippen LogP contribution is 2.32. The van der Waals surface area contributed by atoms with Gasteiger partial charge in [0.25, 0.3) is 0 Å². The van der Waals surface area contributed by atoms with Crippen LogP contribution in [0.3, 0.4) is 0 Å². The summed E-state index contributed by atoms with van der Waals surface area (Å²) in [6.07, 6.45) is 1.77. The molecule has 1 fully saturated rings. The predicted molar refractivity (Wildman–Crippen MR) is 128 cm³/mol. The maximum atomic E-state index is 14.0. The second-order valence-electron chi connectivity index (χ2n) is 7.98. The van der Waals surface area contributed by atoms with Gasteiger partial charge < -0.3 is 19.7 Å². The number of benzene rings is 2. The Morgan fingerprint density at radius 2 is 1.88 bits per heavy atom. The van der Waals surface area contributed by atoms with Crippen LogP contribution in [0, 0.1) is 5.82 Å². The molecular weight excluding hydrogens is 465 g/mol. The molecule has 0 bridgehead atoms. The lowest BCUT2D eigenvalue weighted by Gasteiger charge is -2.36. The summed E-state index contributed by atoms with van der Waals surface area (Å²) in [5.41, 5.74) is 1.61. The van der Waals surface area contributed by atoms with Crippen molar-refractivity contribution >= 4 is 34.7 Å². The summed E-state index contributed by atoms with van der Waals surface area (Å²) in [6, 6.07) is 12.6. The molecule has 7 nitrogen and oxygen atoms in total. The van der Waals surface area contributed by atoms with Crippen molar-refractivity contribution < 1.29 is 13.9 Å². The monoisotopic (exact) mass is 487 g/mol. The van der Waals surface area contributed by atoms with Gasteiger partial charge in [-0.3, -0.25) is 9.58 Å². The van der Waals surface area contributed by atoms with Crippen LogP contribution in [-0.4, -0.2) is 57.7 Å². The number of halogens is 2. The van der Waals surface area contributed by atoms with Gasteiger partial charge in [0.15, 0.2) is 22.4 Å². The molecule has 2 aliphatic heterocycles. The average Bonchev–Trinajstić information content (AvgIpc) is 3.46. The summed E-state index contributed by atoms with van der Waals surface area (Å²) in [4.78, 5) is 4.53. The van der Waals surface area contributed by atoms with Gasteiger partial charge in [-0.15, -0.1) is 0 Å². The molecule has 0 atom stereocenters. The van der Waals surface area contributed by atoms with E-state index in [1.165, 1.54) is 11.6 Å². The third-order valence-electron chi connectivity index (χ3n) is 5.76. The Balaban J connectivity index is 1.12. The molecule has 0 amide bonds. The zero-order valence-corrected chi connectivity index (χ0v) is 19.4. The fourth-order valence-corrected chi connectivity index (χ4v) is 4.47. The number of rotatable bonds is 5. The number of hydrogen-bond acceptors (Lipinski definition) is 5. The van der Waals surface area contributed by atoms with E-state index in [-0.39, 0.29) is 19.2 Å². The molecule has 0 unspecified atom stereocenters. The minimum absolute atomic E-state index is 0.248. The molecule has 172 valence electrons. The number of fused-ring (bicyclic) bond motifs is 1. The van der Waals surface area contributed by atoms with Gasteiger partial charge in [0.05, 0.1) is 6.54 Å². The number of hydrogen-bond donors (Lipinski definition) is 1. The largest absolute Gasteiger partial charge is 0.454 e. The Kier molecular flexibility index (Phi) is 6.34. The lowest BCUT2D eigenvalue weighted by molar-refractivity contribution is 0.173. The first-order chi connectivity index (χ1) is 16.0. The summed E-state index contributed by atoms with van der Waals surface area (Å²) in [5.74, 6) is 1.89. The number of thiocarbonyl (C=S) groups is 1. The van der Waals surface area contributed by atoms with Gasteiger partial charge in [-0.05, 0) is 42.0 Å². The highest BCUT2D eigenvalue weighted by atomic mass is 35.5. The summed E-state index contributed by atoms with van der Waals surface area (Å²) in [6.45, 7) is 4.83. The van der Waals surface area contributed by atoms with Crippen LogP contribution < -0.4 is 14.8 Å². The zero-order chi connectivity index (χ0) is 22.8. The molecule has 0 aliphatic carbocycles. The minimum atomic E-state index is -0.346. The van der Waals surface area contributed by atoms with E-state index in [0.29, 0.717) is 21.5 Å². The first-order valence-electron chi connectivity index (χ1n) is 10.7. The highest BCUT2D eigenvalue weighted by Gasteiger charge is 2.21. The summed E-state index contributed by atoms with van der Waals surface area (Å²) in [5, 5.41) is 8.66. The molecule has 0 radical (unpaired) electrons. The number of ether oxygens (including phenoxy) is 2. The number of piperazine rings is 1. The minimum Gasteiger partial charge on any atom is -0.454 e. The molecule has 1 N–H and O–H groups in total. The van der Waals surface area contributed by atoms with Crippen molar-refractivity contribution in [2.24, 2.45) is 0 Å². The molecule has 3 heterocycles. The van der Waals surface area contributed by atoms with Gasteiger partial charge in [0.1, 0.15) is 5.82 Å². The van der Waals surface area contributed by atoms with Crippen LogP contribution in [0.25, 0.3) is 0 Å². The highest BCUT2D eigenvalue weighted by molar-refractivity contribution is 7.80. The van der Waals surface area contributed by atoms with E-state index in [1.54, 1.807) is 23.0 Å². The Bertz CT molecular complexity index is 1150. The van der Waals surface area contributed by atoms with Crippen LogP contribution in [0.15, 0.2) is 48.7 Å². The van der Waals surface area contributed by atoms with Crippen LogP contribution in [-0.2, 0) is 13.1 Å². The first-order valence-corrected chi connectivity index (χ1v) is 11.5. The topological polar surface area (TPSA) is 54.8 Å². The SMILES string of the molecule is Fc1cccc(Cl)c1Cn1ccc(NC(=S)N2CCN(Cc3ccc4c(c3)OCO4)CC2)n1. The predicted octanol–water partition coefficient (Wildman–Crippen LogP) is 3.97. The van der Waals surface area contributed by atoms with Crippen LogP contribution in [0.2, 0.25) is 5.02 Å². The fourth-order valence-electron chi connectivity index (χ4n) is 3.96. The van der Waals surface area contributed by atoms with Crippen LogP contribution in [0.5, 0.6) is 11.5 Å². The quantitative estimate of drug-likeness (QED) is 0.546. The number of nitrogens with one attached hydrogen (secondary N) is 1. The fraction of sp³-hybridized carbons (Fsp3) is 0.304. The van der Waals surface area contributed by atoms with Gasteiger partial charge in [0.2, 0.25) is 6.79 Å². The molecule has 5 rings (SSSR count). The van der Waals surface area contributed by atoms with E-state index < -0.39 is 0 Å². The van der Waals surface area contributed by atoms with E-state index in [1.807, 2.05) is 18.2 Å². The maximum absolute atomic E-state index is 14.0. The smallest absolute Gasteiger partial charge is 0.231 e. The number of anilines is 1. The van der Waals surface area contributed by atoms with Gasteiger partial charge in [-0.25, -0.2) is 4.39 Å². The van der Waals surface area contributed by atoms with Crippen molar-refractivity contribution in [3.05, 3.63) is 70.6 Å². The Labute approximate surface area is 201 Å². The van der Waals surface area contributed by atoms with Crippen molar-refractivity contribution in [3.63, 3.8) is 0 Å². The average molecular weight is 488 g/mol. The van der Waals surface area contributed by atoms with E-state index in [9.17, 15) is 4.39 Å². The number of nitrogens with zero attached hydrogens (tertiary/aromatic N) is 4. The second kappa shape index (κ2) is 9.54. The third kappa shape index (κ3) is 5.05. The van der Waals surface area contributed by atoms with Crippen molar-refractivity contribution in [1.29, 1.82) is 0 Å². The third-order valence-corrected chi connectivity index (χ3v) is 6.47. The molecule has 3 aromatic rings. The normalized spacial score (nSPS) is 15.6. The molecule has 2 aliphatic rings. The Morgan fingerprint density at radius 3 is 2.70 bits per heavy atom. The van der Waals surface area contributed by atoms with Crippen molar-refractivity contribution in [2.45, 2.75) is 13.1 Å². The molecule has 0 saturated carbocycles. The summed E-state index contributed by atoms with van der Waals surface area (Å²) >= 11 is 11.7. The van der Waals surface area contributed by atoms with Crippen molar-refractivity contribution in [3.8, 4) is 11.5 Å². The molecule has 1 saturated heterocycles. The second-order valence-corrected chi connectivity index (χ2v) is 8.77. The maximum Gasteiger partial charge on any atom is 0.231 e. The van der Waals surface area contributed by atoms with E-state index >= 15 is 0 Å². The van der Waals surface area contributed by atoms with Crippen LogP contribution >= 0.6 is 23.8 Å². The summed E-state index contributed by atoms with van der Waals surface area (Å²) in [7, 11) is 0. The molecule has 1 aromatic heterocycles. The summed E-state index contributed by atoms with van der Waals surface area (Å²) < 4.78 is 26.5. The molecular formula is C23H23ClFN5O2S. The number of aromatic nitrogens is 2. The van der Waals surface area contributed by atoms with Gasteiger partial charge in [0, 0.05) is 55.6 Å². The van der Waals surface area contributed by atoms with Crippen LogP contribution in [0.4, 0.5) is 10.2 Å². The first kappa shape index (κ1) is 21.9. The van der Waals surface area contributed by atoms with Gasteiger partial charge in [-0.1, -0.05) is 23.7 Å². The van der Waals surface area contributed by atoms with Crippen molar-refractivity contribution in [1.82, 2.24) is 19.6 Å². The van der Waals surface area contributed by atoms with E-state index in [2.05, 4.69) is 26.3 Å².